The molecule has 6 rings (SSSR count). The molecule has 1 aliphatic rings. The average Bonchev–Trinajstić information content (AvgIpc) is 3.67. The first kappa shape index (κ1) is 26.6. The Hall–Kier alpha value is -3.95. The number of hydrogen-bond donors (Lipinski definition) is 1. The molecule has 1 fully saturated rings. The zero-order valence-electron chi connectivity index (χ0n) is 21.8. The van der Waals surface area contributed by atoms with Crippen LogP contribution in [0.5, 0.6) is 0 Å². The minimum absolute atomic E-state index is 0.0459. The van der Waals surface area contributed by atoms with Crippen LogP contribution < -0.4 is 15.8 Å². The Morgan fingerprint density at radius 1 is 1.08 bits per heavy atom. The molecule has 8 nitrogen and oxygen atoms in total. The zero-order valence-corrected chi connectivity index (χ0v) is 23.3. The van der Waals surface area contributed by atoms with E-state index in [1.165, 1.54) is 11.3 Å². The summed E-state index contributed by atoms with van der Waals surface area (Å²) in [6, 6.07) is 22.8. The lowest BCUT2D eigenvalue weighted by Crippen LogP contribution is -2.39. The molecular weight excluding hydrogens is 532 g/mol. The van der Waals surface area contributed by atoms with E-state index in [1.807, 2.05) is 91.3 Å². The van der Waals surface area contributed by atoms with Crippen LogP contribution in [0.2, 0.25) is 5.02 Å². The van der Waals surface area contributed by atoms with Crippen LogP contribution in [-0.4, -0.2) is 44.4 Å². The number of para-hydroxylation sites is 1. The first-order valence-corrected chi connectivity index (χ1v) is 14.1. The summed E-state index contributed by atoms with van der Waals surface area (Å²) in [4.78, 5) is 38.4. The van der Waals surface area contributed by atoms with Crippen molar-refractivity contribution in [2.75, 3.05) is 18.0 Å². The summed E-state index contributed by atoms with van der Waals surface area (Å²) in [5, 5.41) is 3.87. The summed E-state index contributed by atoms with van der Waals surface area (Å²) in [6.07, 6.45) is 0.800. The van der Waals surface area contributed by atoms with Gasteiger partial charge in [-0.25, -0.2) is 14.6 Å². The number of nitrogens with one attached hydrogen (secondary N) is 1. The number of aromatic nitrogens is 4. The molecule has 0 unspecified atom stereocenters. The third-order valence-corrected chi connectivity index (χ3v) is 7.67. The van der Waals surface area contributed by atoms with Gasteiger partial charge in [0.15, 0.2) is 0 Å². The summed E-state index contributed by atoms with van der Waals surface area (Å²) in [7, 11) is 0. The number of anilines is 1. The van der Waals surface area contributed by atoms with E-state index in [0.717, 1.165) is 39.8 Å². The number of amides is 1. The Kier molecular flexibility index (Phi) is 8.09. The predicted molar refractivity (Wildman–Crippen MR) is 157 cm³/mol. The minimum atomic E-state index is -0.318. The second-order valence-electron chi connectivity index (χ2n) is 9.18. The van der Waals surface area contributed by atoms with E-state index in [9.17, 15) is 9.59 Å². The number of thiazole rings is 1. The minimum Gasteiger partial charge on any atom is -0.354 e. The summed E-state index contributed by atoms with van der Waals surface area (Å²) in [6.45, 7) is 5.84. The molecule has 3 aromatic heterocycles. The molecule has 10 heteroatoms. The lowest BCUT2D eigenvalue weighted by atomic mass is 10.2. The van der Waals surface area contributed by atoms with Gasteiger partial charge in [0.1, 0.15) is 21.7 Å². The number of benzene rings is 2. The van der Waals surface area contributed by atoms with Gasteiger partial charge in [0.2, 0.25) is 0 Å². The number of carbonyl (C=O) groups is 1. The molecule has 2 aromatic carbocycles. The Balaban J connectivity index is 0.000000384. The van der Waals surface area contributed by atoms with Gasteiger partial charge in [-0.15, -0.1) is 11.3 Å². The van der Waals surface area contributed by atoms with Crippen molar-refractivity contribution in [1.82, 2.24) is 24.6 Å². The van der Waals surface area contributed by atoms with Crippen molar-refractivity contribution in [2.45, 2.75) is 32.9 Å². The second-order valence-corrected chi connectivity index (χ2v) is 10.4. The van der Waals surface area contributed by atoms with Crippen molar-refractivity contribution < 1.29 is 4.79 Å². The maximum Gasteiger partial charge on any atom is 0.284 e. The van der Waals surface area contributed by atoms with E-state index in [-0.39, 0.29) is 23.1 Å². The van der Waals surface area contributed by atoms with Crippen LogP contribution in [0.1, 0.15) is 29.4 Å². The highest BCUT2D eigenvalue weighted by molar-refractivity contribution is 7.16. The maximum absolute atomic E-state index is 13.2. The highest BCUT2D eigenvalue weighted by Gasteiger charge is 2.29. The van der Waals surface area contributed by atoms with Crippen LogP contribution in [0, 0.1) is 6.92 Å². The van der Waals surface area contributed by atoms with Crippen LogP contribution in [-0.2, 0) is 6.54 Å². The fraction of sp³-hybridized carbons (Fsp3) is 0.241. The number of nitrogens with zero attached hydrogens (tertiary/aromatic N) is 5. The first-order valence-electron chi connectivity index (χ1n) is 12.8. The van der Waals surface area contributed by atoms with Gasteiger partial charge in [0.25, 0.3) is 11.5 Å². The lowest BCUT2D eigenvalue weighted by molar-refractivity contribution is 0.0938. The Bertz CT molecular complexity index is 1630. The molecule has 39 heavy (non-hydrogen) atoms. The van der Waals surface area contributed by atoms with Crippen molar-refractivity contribution in [1.29, 1.82) is 0 Å². The Morgan fingerprint density at radius 3 is 2.46 bits per heavy atom. The number of fused-ring (bicyclic) bond motifs is 1. The molecule has 0 spiro atoms. The smallest absolute Gasteiger partial charge is 0.284 e. The number of carbonyl (C=O) groups excluding carboxylic acids is 1. The predicted octanol–water partition coefficient (Wildman–Crippen LogP) is 5.32. The summed E-state index contributed by atoms with van der Waals surface area (Å²) < 4.78 is 3.43. The molecule has 1 saturated heterocycles. The fourth-order valence-electron chi connectivity index (χ4n) is 4.79. The lowest BCUT2D eigenvalue weighted by Gasteiger charge is -2.17. The third-order valence-electron chi connectivity index (χ3n) is 6.69. The van der Waals surface area contributed by atoms with Gasteiger partial charge >= 0.3 is 0 Å². The molecule has 1 atom stereocenters. The monoisotopic (exact) mass is 560 g/mol. The number of pyridine rings is 1. The van der Waals surface area contributed by atoms with Gasteiger partial charge in [-0.3, -0.25) is 14.3 Å². The van der Waals surface area contributed by atoms with Gasteiger partial charge in [-0.2, -0.15) is 0 Å². The highest BCUT2D eigenvalue weighted by atomic mass is 35.5. The fourth-order valence-corrected chi connectivity index (χ4v) is 5.59. The van der Waals surface area contributed by atoms with Crippen LogP contribution >= 0.6 is 22.9 Å². The standard InChI is InChI=1S/C23H24N6O2S.C6H5Cl/c1-3-28-15(2)20(23(31)29(28)17-7-5-4-6-8-17)21(30)25-16-11-12-27(13-16)19-10-9-18-22(26-19)32-14-24-18;7-6-4-2-1-3-5-6/h4-10,14,16H,3,11-13H2,1-2H3,(H,25,30);1-5H/t16-;/m0./s1. The van der Waals surface area contributed by atoms with Crippen LogP contribution in [0.3, 0.4) is 0 Å². The van der Waals surface area contributed by atoms with E-state index in [2.05, 4.69) is 20.2 Å². The normalized spacial score (nSPS) is 14.7. The molecule has 1 N–H and O–H groups in total. The van der Waals surface area contributed by atoms with Gasteiger partial charge in [0.05, 0.1) is 16.9 Å². The van der Waals surface area contributed by atoms with Crippen molar-refractivity contribution in [2.24, 2.45) is 0 Å². The summed E-state index contributed by atoms with van der Waals surface area (Å²) >= 11 is 7.06. The van der Waals surface area contributed by atoms with Gasteiger partial charge in [-0.1, -0.05) is 48.0 Å². The first-order chi connectivity index (χ1) is 19.0. The van der Waals surface area contributed by atoms with Crippen molar-refractivity contribution in [3.8, 4) is 5.69 Å². The topological polar surface area (TPSA) is 85.1 Å². The summed E-state index contributed by atoms with van der Waals surface area (Å²) in [5.74, 6) is 0.570. The summed E-state index contributed by atoms with van der Waals surface area (Å²) in [5.41, 5.74) is 4.03. The van der Waals surface area contributed by atoms with E-state index >= 15 is 0 Å². The third kappa shape index (κ3) is 5.74. The van der Waals surface area contributed by atoms with Gasteiger partial charge in [-0.05, 0) is 56.7 Å². The van der Waals surface area contributed by atoms with Crippen molar-refractivity contribution in [3.05, 3.63) is 105 Å². The molecule has 0 aliphatic carbocycles. The largest absolute Gasteiger partial charge is 0.354 e. The molecule has 4 heterocycles. The van der Waals surface area contributed by atoms with Gasteiger partial charge in [0, 0.05) is 30.7 Å². The van der Waals surface area contributed by atoms with Crippen LogP contribution in [0.25, 0.3) is 16.0 Å². The van der Waals surface area contributed by atoms with E-state index in [4.69, 9.17) is 11.6 Å². The second kappa shape index (κ2) is 11.8. The quantitative estimate of drug-likeness (QED) is 0.314. The van der Waals surface area contributed by atoms with Crippen molar-refractivity contribution in [3.63, 3.8) is 0 Å². The van der Waals surface area contributed by atoms with E-state index in [0.29, 0.717) is 18.8 Å². The van der Waals surface area contributed by atoms with E-state index < -0.39 is 0 Å². The van der Waals surface area contributed by atoms with E-state index in [1.54, 1.807) is 10.2 Å². The van der Waals surface area contributed by atoms with Crippen LogP contribution in [0.4, 0.5) is 5.82 Å². The number of halogens is 1. The molecule has 1 amide bonds. The number of hydrogen-bond acceptors (Lipinski definition) is 6. The molecule has 5 aromatic rings. The molecule has 0 bridgehead atoms. The maximum atomic E-state index is 13.2. The molecular formula is C29H29ClN6O2S. The van der Waals surface area contributed by atoms with Crippen LogP contribution in [0.15, 0.2) is 83.1 Å². The Morgan fingerprint density at radius 2 is 1.79 bits per heavy atom. The molecule has 1 aliphatic heterocycles. The zero-order chi connectivity index (χ0) is 27.4. The van der Waals surface area contributed by atoms with Crippen molar-refractivity contribution >= 4 is 45.0 Å². The number of rotatable bonds is 5. The molecule has 0 radical (unpaired) electrons. The molecule has 0 saturated carbocycles. The van der Waals surface area contributed by atoms with Gasteiger partial charge < -0.3 is 10.2 Å². The SMILES string of the molecule is CCn1c(C)c(C(=O)N[C@H]2CCN(c3ccc4ncsc4n3)C2)c(=O)n1-c1ccccc1.Clc1ccccc1. The Labute approximate surface area is 235 Å². The average molecular weight is 561 g/mol. The highest BCUT2D eigenvalue weighted by Crippen LogP contribution is 2.23. The molecule has 200 valence electrons.